The number of nitro groups is 1. The number of ether oxygens (including phenoxy) is 2. The van der Waals surface area contributed by atoms with Gasteiger partial charge in [0, 0.05) is 5.56 Å². The Kier molecular flexibility index (Phi) is 5.26. The molecule has 0 aliphatic carbocycles. The molecule has 0 aromatic heterocycles. The van der Waals surface area contributed by atoms with Gasteiger partial charge < -0.3 is 9.47 Å². The van der Waals surface area contributed by atoms with Gasteiger partial charge in [0.1, 0.15) is 12.4 Å². The van der Waals surface area contributed by atoms with Crippen LogP contribution >= 0.6 is 0 Å². The maximum atomic E-state index is 11.7. The smallest absolute Gasteiger partial charge is 0.338 e. The summed E-state index contributed by atoms with van der Waals surface area (Å²) in [4.78, 5) is 33.6. The van der Waals surface area contributed by atoms with Crippen molar-refractivity contribution < 1.29 is 24.0 Å². The number of carbonyl (C=O) groups is 2. The van der Waals surface area contributed by atoms with Crippen LogP contribution in [0.4, 0.5) is 5.69 Å². The minimum absolute atomic E-state index is 0.0160. The normalized spacial score (nSPS) is 10.1. The van der Waals surface area contributed by atoms with E-state index in [-0.39, 0.29) is 23.6 Å². The lowest BCUT2D eigenvalue weighted by molar-refractivity contribution is -0.385. The molecule has 7 heteroatoms. The molecular formula is C17H15NO6. The zero-order chi connectivity index (χ0) is 17.7. The fraction of sp³-hybridized carbons (Fsp3) is 0.176. The quantitative estimate of drug-likeness (QED) is 0.349. The van der Waals surface area contributed by atoms with Crippen LogP contribution in [0.5, 0.6) is 5.75 Å². The van der Waals surface area contributed by atoms with Crippen LogP contribution in [-0.2, 0) is 11.3 Å². The van der Waals surface area contributed by atoms with E-state index in [1.165, 1.54) is 32.2 Å². The molecule has 0 aliphatic rings. The molecule has 0 radical (unpaired) electrons. The van der Waals surface area contributed by atoms with Gasteiger partial charge in [-0.3, -0.25) is 14.9 Å². The Bertz CT molecular complexity index is 799. The zero-order valence-electron chi connectivity index (χ0n) is 13.1. The van der Waals surface area contributed by atoms with E-state index in [9.17, 15) is 19.7 Å². The number of nitro benzene ring substituents is 1. The largest absolute Gasteiger partial charge is 0.489 e. The molecule has 0 spiro atoms. The van der Waals surface area contributed by atoms with Crippen molar-refractivity contribution in [1.29, 1.82) is 0 Å². The molecule has 2 rings (SSSR count). The summed E-state index contributed by atoms with van der Waals surface area (Å²) in [5.41, 5.74) is 0.640. The second kappa shape index (κ2) is 7.36. The topological polar surface area (TPSA) is 95.7 Å². The minimum Gasteiger partial charge on any atom is -0.489 e. The van der Waals surface area contributed by atoms with E-state index in [4.69, 9.17) is 9.47 Å². The molecule has 24 heavy (non-hydrogen) atoms. The number of benzene rings is 2. The molecule has 2 aromatic rings. The summed E-state index contributed by atoms with van der Waals surface area (Å²) in [5.74, 6) is -0.664. The monoisotopic (exact) mass is 329 g/mol. The Morgan fingerprint density at radius 3 is 2.46 bits per heavy atom. The fourth-order valence-corrected chi connectivity index (χ4v) is 2.17. The van der Waals surface area contributed by atoms with Gasteiger partial charge >= 0.3 is 5.97 Å². The lowest BCUT2D eigenvalue weighted by Gasteiger charge is -2.10. The van der Waals surface area contributed by atoms with Gasteiger partial charge in [0.2, 0.25) is 0 Å². The molecule has 0 aliphatic heterocycles. The third-order valence-corrected chi connectivity index (χ3v) is 3.36. The Morgan fingerprint density at radius 1 is 1.12 bits per heavy atom. The Hall–Kier alpha value is -3.22. The number of nitrogens with zero attached hydrogens (tertiary/aromatic N) is 1. The van der Waals surface area contributed by atoms with E-state index in [0.717, 1.165) is 0 Å². The number of hydrogen-bond donors (Lipinski definition) is 0. The first-order chi connectivity index (χ1) is 11.4. The maximum absolute atomic E-state index is 11.7. The first-order valence-electron chi connectivity index (χ1n) is 7.02. The molecule has 124 valence electrons. The molecule has 0 fully saturated rings. The van der Waals surface area contributed by atoms with E-state index in [1.807, 2.05) is 0 Å². The SMILES string of the molecule is COC(=O)c1ccccc1COc1ccc(C(C)=O)c([N+](=O)[O-])c1. The van der Waals surface area contributed by atoms with E-state index in [2.05, 4.69) is 0 Å². The minimum atomic E-state index is -0.633. The van der Waals surface area contributed by atoms with Crippen molar-refractivity contribution in [2.45, 2.75) is 13.5 Å². The molecule has 0 atom stereocenters. The van der Waals surface area contributed by atoms with Gasteiger partial charge in [-0.15, -0.1) is 0 Å². The van der Waals surface area contributed by atoms with Crippen LogP contribution in [-0.4, -0.2) is 23.8 Å². The molecule has 7 nitrogen and oxygen atoms in total. The highest BCUT2D eigenvalue weighted by Gasteiger charge is 2.19. The van der Waals surface area contributed by atoms with Crippen LogP contribution in [0.1, 0.15) is 33.2 Å². The highest BCUT2D eigenvalue weighted by Crippen LogP contribution is 2.26. The molecule has 0 bridgehead atoms. The van der Waals surface area contributed by atoms with E-state index in [1.54, 1.807) is 24.3 Å². The van der Waals surface area contributed by atoms with Gasteiger partial charge in [0.25, 0.3) is 5.69 Å². The maximum Gasteiger partial charge on any atom is 0.338 e. The summed E-state index contributed by atoms with van der Waals surface area (Å²) >= 11 is 0. The second-order valence-electron chi connectivity index (χ2n) is 4.93. The van der Waals surface area contributed by atoms with Crippen molar-refractivity contribution in [2.24, 2.45) is 0 Å². The summed E-state index contributed by atoms with van der Waals surface area (Å²) in [7, 11) is 1.28. The number of esters is 1. The second-order valence-corrected chi connectivity index (χ2v) is 4.93. The molecule has 0 unspecified atom stereocenters. The van der Waals surface area contributed by atoms with Crippen LogP contribution < -0.4 is 4.74 Å². The van der Waals surface area contributed by atoms with Gasteiger partial charge in [-0.25, -0.2) is 4.79 Å². The third-order valence-electron chi connectivity index (χ3n) is 3.36. The predicted molar refractivity (Wildman–Crippen MR) is 85.2 cm³/mol. The molecule has 2 aromatic carbocycles. The van der Waals surface area contributed by atoms with Crippen molar-refractivity contribution in [1.82, 2.24) is 0 Å². The van der Waals surface area contributed by atoms with Gasteiger partial charge in [-0.2, -0.15) is 0 Å². The van der Waals surface area contributed by atoms with E-state index < -0.39 is 16.7 Å². The fourth-order valence-electron chi connectivity index (χ4n) is 2.17. The van der Waals surface area contributed by atoms with Crippen LogP contribution in [0.2, 0.25) is 0 Å². The van der Waals surface area contributed by atoms with Gasteiger partial charge in [-0.1, -0.05) is 18.2 Å². The summed E-state index contributed by atoms with van der Waals surface area (Å²) in [6.07, 6.45) is 0. The molecule has 0 saturated carbocycles. The lowest BCUT2D eigenvalue weighted by Crippen LogP contribution is -2.08. The molecule has 0 amide bonds. The average molecular weight is 329 g/mol. The number of Topliss-reactive ketones (excluding diaryl/α,β-unsaturated/α-hetero) is 1. The van der Waals surface area contributed by atoms with Crippen molar-refractivity contribution in [2.75, 3.05) is 7.11 Å². The van der Waals surface area contributed by atoms with E-state index in [0.29, 0.717) is 11.1 Å². The number of hydrogen-bond acceptors (Lipinski definition) is 6. The van der Waals surface area contributed by atoms with Crippen molar-refractivity contribution in [3.8, 4) is 5.75 Å². The van der Waals surface area contributed by atoms with Crippen molar-refractivity contribution in [3.63, 3.8) is 0 Å². The van der Waals surface area contributed by atoms with Gasteiger partial charge in [0.15, 0.2) is 5.78 Å². The zero-order valence-corrected chi connectivity index (χ0v) is 13.1. The molecule has 0 N–H and O–H groups in total. The number of carbonyl (C=O) groups excluding carboxylic acids is 2. The van der Waals surface area contributed by atoms with E-state index >= 15 is 0 Å². The van der Waals surface area contributed by atoms with Crippen molar-refractivity contribution in [3.05, 3.63) is 69.3 Å². The third kappa shape index (κ3) is 3.75. The average Bonchev–Trinajstić information content (AvgIpc) is 2.59. The summed E-state index contributed by atoms with van der Waals surface area (Å²) in [6, 6.07) is 10.8. The number of ketones is 1. The van der Waals surface area contributed by atoms with Crippen LogP contribution in [0.25, 0.3) is 0 Å². The van der Waals surface area contributed by atoms with Crippen molar-refractivity contribution >= 4 is 17.4 Å². The van der Waals surface area contributed by atoms with Crippen LogP contribution in [0.15, 0.2) is 42.5 Å². The molecule has 0 saturated heterocycles. The van der Waals surface area contributed by atoms with Crippen LogP contribution in [0.3, 0.4) is 0 Å². The highest BCUT2D eigenvalue weighted by atomic mass is 16.6. The van der Waals surface area contributed by atoms with Gasteiger partial charge in [0.05, 0.1) is 29.2 Å². The Labute approximate surface area is 138 Å². The first-order valence-corrected chi connectivity index (χ1v) is 7.02. The summed E-state index contributed by atoms with van der Waals surface area (Å²) in [5, 5.41) is 11.1. The first kappa shape index (κ1) is 17.1. The Balaban J connectivity index is 2.25. The Morgan fingerprint density at radius 2 is 1.83 bits per heavy atom. The predicted octanol–water partition coefficient (Wildman–Crippen LogP) is 3.16. The number of methoxy groups -OCH3 is 1. The summed E-state index contributed by atoms with van der Waals surface area (Å²) in [6.45, 7) is 1.29. The molecular weight excluding hydrogens is 314 g/mol. The standard InChI is InChI=1S/C17H15NO6/c1-11(19)14-8-7-13(9-16(14)18(21)22)24-10-12-5-3-4-6-15(12)17(20)23-2/h3-9H,10H2,1-2H3. The summed E-state index contributed by atoms with van der Waals surface area (Å²) < 4.78 is 10.2. The lowest BCUT2D eigenvalue weighted by atomic mass is 10.1. The van der Waals surface area contributed by atoms with Crippen LogP contribution in [0, 0.1) is 10.1 Å². The van der Waals surface area contributed by atoms with Gasteiger partial charge in [-0.05, 0) is 25.1 Å². The number of rotatable bonds is 6. The highest BCUT2D eigenvalue weighted by molar-refractivity contribution is 5.98. The molecule has 0 heterocycles.